The molecule has 0 bridgehead atoms. The zero-order valence-corrected chi connectivity index (χ0v) is 21.2. The molecule has 0 radical (unpaired) electrons. The Kier molecular flexibility index (Phi) is 6.91. The van der Waals surface area contributed by atoms with Crippen molar-refractivity contribution in [2.45, 2.75) is 31.6 Å². The fourth-order valence-corrected chi connectivity index (χ4v) is 4.69. The van der Waals surface area contributed by atoms with E-state index in [4.69, 9.17) is 17.3 Å². The van der Waals surface area contributed by atoms with Crippen LogP contribution in [0, 0.1) is 0 Å². The lowest BCUT2D eigenvalue weighted by Gasteiger charge is -2.21. The predicted octanol–water partition coefficient (Wildman–Crippen LogP) is 3.21. The van der Waals surface area contributed by atoms with Gasteiger partial charge in [-0.3, -0.25) is 19.1 Å². The molecule has 1 aliphatic rings. The molecule has 0 aliphatic carbocycles. The molecule has 0 spiro atoms. The number of amides is 2. The molecule has 4 aromatic rings. The summed E-state index contributed by atoms with van der Waals surface area (Å²) in [5.41, 5.74) is 5.68. The molecule has 1 fully saturated rings. The van der Waals surface area contributed by atoms with Gasteiger partial charge in [-0.2, -0.15) is 18.3 Å². The summed E-state index contributed by atoms with van der Waals surface area (Å²) in [5, 5.41) is 11.4. The number of carbonyl (C=O) groups excluding carboxylic acids is 2. The molecule has 2 atom stereocenters. The van der Waals surface area contributed by atoms with Gasteiger partial charge >= 0.3 is 6.18 Å². The molecule has 1 saturated heterocycles. The summed E-state index contributed by atoms with van der Waals surface area (Å²) in [6, 6.07) is 3.74. The molecular formula is C24H23ClF3N9O2. The van der Waals surface area contributed by atoms with E-state index in [2.05, 4.69) is 30.8 Å². The van der Waals surface area contributed by atoms with E-state index in [1.54, 1.807) is 17.9 Å². The predicted molar refractivity (Wildman–Crippen MR) is 136 cm³/mol. The number of carbonyl (C=O) groups is 2. The number of fused-ring (bicyclic) bond motifs is 1. The van der Waals surface area contributed by atoms with Crippen LogP contribution in [0.1, 0.15) is 29.4 Å². The first-order valence-corrected chi connectivity index (χ1v) is 12.3. The summed E-state index contributed by atoms with van der Waals surface area (Å²) in [6.07, 6.45) is 1.40. The van der Waals surface area contributed by atoms with Crippen molar-refractivity contribution in [3.8, 4) is 11.3 Å². The van der Waals surface area contributed by atoms with Crippen LogP contribution in [0.5, 0.6) is 0 Å². The van der Waals surface area contributed by atoms with E-state index in [-0.39, 0.29) is 45.3 Å². The molecule has 5 N–H and O–H groups in total. The molecule has 3 aromatic heterocycles. The van der Waals surface area contributed by atoms with Gasteiger partial charge in [0, 0.05) is 43.4 Å². The summed E-state index contributed by atoms with van der Waals surface area (Å²) in [5.74, 6) is -0.492. The second-order valence-corrected chi connectivity index (χ2v) is 9.51. The second kappa shape index (κ2) is 10.2. The molecule has 4 heterocycles. The summed E-state index contributed by atoms with van der Waals surface area (Å²) >= 11 is 6.38. The second-order valence-electron chi connectivity index (χ2n) is 9.11. The van der Waals surface area contributed by atoms with E-state index in [1.165, 1.54) is 35.1 Å². The summed E-state index contributed by atoms with van der Waals surface area (Å²) in [4.78, 5) is 35.5. The van der Waals surface area contributed by atoms with Gasteiger partial charge in [-0.1, -0.05) is 11.6 Å². The first-order chi connectivity index (χ1) is 18.5. The highest BCUT2D eigenvalue weighted by Crippen LogP contribution is 2.36. The normalized spacial score (nSPS) is 16.5. The number of alkyl halides is 3. The number of nitrogens with zero attached hydrogens (tertiary/aromatic N) is 5. The number of hydrogen-bond acceptors (Lipinski definition) is 7. The molecule has 2 amide bonds. The van der Waals surface area contributed by atoms with Crippen molar-refractivity contribution in [1.82, 2.24) is 34.8 Å². The minimum atomic E-state index is -4.65. The number of imidazole rings is 1. The third-order valence-electron chi connectivity index (χ3n) is 6.34. The van der Waals surface area contributed by atoms with E-state index in [0.717, 1.165) is 6.20 Å². The van der Waals surface area contributed by atoms with Crippen molar-refractivity contribution >= 4 is 40.6 Å². The van der Waals surface area contributed by atoms with Gasteiger partial charge in [0.2, 0.25) is 5.91 Å². The van der Waals surface area contributed by atoms with Crippen molar-refractivity contribution in [3.63, 3.8) is 0 Å². The Morgan fingerprint density at radius 3 is 2.77 bits per heavy atom. The number of aromatic nitrogens is 5. The summed E-state index contributed by atoms with van der Waals surface area (Å²) in [7, 11) is 0. The Bertz CT molecular complexity index is 1550. The monoisotopic (exact) mass is 561 g/mol. The zero-order valence-electron chi connectivity index (χ0n) is 20.5. The SMILES string of the molecule is CC(NC(=O)c1ccc(Nc2nccn3c(-c4c[nH]nc4C(F)(F)F)cnc23)cc1Cl)C(=O)N1CC[C@@H](N)C1. The average molecular weight is 562 g/mol. The quantitative estimate of drug-likeness (QED) is 0.283. The molecule has 0 saturated carbocycles. The fraction of sp³-hybridized carbons (Fsp3) is 0.292. The van der Waals surface area contributed by atoms with E-state index >= 15 is 0 Å². The van der Waals surface area contributed by atoms with E-state index in [1.807, 2.05) is 0 Å². The number of benzene rings is 1. The van der Waals surface area contributed by atoms with Gasteiger partial charge in [-0.15, -0.1) is 0 Å². The number of nitrogens with two attached hydrogens (primary N) is 1. The Hall–Kier alpha value is -4.17. The maximum absolute atomic E-state index is 13.4. The lowest BCUT2D eigenvalue weighted by Crippen LogP contribution is -2.46. The van der Waals surface area contributed by atoms with E-state index < -0.39 is 23.8 Å². The number of anilines is 2. The van der Waals surface area contributed by atoms with Crippen LogP contribution < -0.4 is 16.4 Å². The van der Waals surface area contributed by atoms with Gasteiger partial charge in [0.15, 0.2) is 17.2 Å². The largest absolute Gasteiger partial charge is 0.435 e. The number of H-pyrrole nitrogens is 1. The van der Waals surface area contributed by atoms with Crippen molar-refractivity contribution in [2.24, 2.45) is 5.73 Å². The van der Waals surface area contributed by atoms with Crippen LogP contribution in [0.4, 0.5) is 24.7 Å². The first-order valence-electron chi connectivity index (χ1n) is 11.9. The summed E-state index contributed by atoms with van der Waals surface area (Å²) in [6.45, 7) is 2.59. The van der Waals surface area contributed by atoms with Crippen LogP contribution in [0.15, 0.2) is 43.0 Å². The van der Waals surface area contributed by atoms with Gasteiger partial charge < -0.3 is 21.3 Å². The average Bonchev–Trinajstić information content (AvgIpc) is 3.62. The Morgan fingerprint density at radius 1 is 1.28 bits per heavy atom. The van der Waals surface area contributed by atoms with Crippen molar-refractivity contribution in [2.75, 3.05) is 18.4 Å². The highest BCUT2D eigenvalue weighted by molar-refractivity contribution is 6.34. The standard InChI is InChI=1S/C24H23ClF3N9O2/c1-12(23(39)36-6-4-13(29)11-36)33-22(38)15-3-2-14(8-17(15)25)34-20-21-31-10-18(37(21)7-5-30-20)16-9-32-35-19(16)24(26,27)28/h2-3,5,7-10,12-13H,4,6,11,29H2,1H3,(H,30,34)(H,32,35)(H,33,38)/t12?,13-/m1/s1. The number of rotatable bonds is 6. The number of hydrogen-bond donors (Lipinski definition) is 4. The zero-order chi connectivity index (χ0) is 27.9. The van der Waals surface area contributed by atoms with Crippen LogP contribution in [0.2, 0.25) is 5.02 Å². The van der Waals surface area contributed by atoms with E-state index in [0.29, 0.717) is 25.2 Å². The molecule has 1 unspecified atom stereocenters. The van der Waals surface area contributed by atoms with Gasteiger partial charge in [-0.25, -0.2) is 9.97 Å². The van der Waals surface area contributed by atoms with E-state index in [9.17, 15) is 22.8 Å². The van der Waals surface area contributed by atoms with Crippen LogP contribution in [0.3, 0.4) is 0 Å². The van der Waals surface area contributed by atoms with Crippen LogP contribution in [0.25, 0.3) is 16.9 Å². The van der Waals surface area contributed by atoms with Crippen LogP contribution in [-0.2, 0) is 11.0 Å². The lowest BCUT2D eigenvalue weighted by molar-refractivity contribution is -0.140. The van der Waals surface area contributed by atoms with Crippen molar-refractivity contribution in [3.05, 3.63) is 59.3 Å². The fourth-order valence-electron chi connectivity index (χ4n) is 4.42. The topological polar surface area (TPSA) is 146 Å². The highest BCUT2D eigenvalue weighted by atomic mass is 35.5. The minimum absolute atomic E-state index is 0.0664. The van der Waals surface area contributed by atoms with Crippen LogP contribution >= 0.6 is 11.6 Å². The smallest absolute Gasteiger partial charge is 0.340 e. The molecule has 5 rings (SSSR count). The third-order valence-corrected chi connectivity index (χ3v) is 6.66. The highest BCUT2D eigenvalue weighted by Gasteiger charge is 2.37. The number of aromatic amines is 1. The minimum Gasteiger partial charge on any atom is -0.340 e. The molecular weight excluding hydrogens is 539 g/mol. The number of halogens is 4. The van der Waals surface area contributed by atoms with Gasteiger partial charge in [0.25, 0.3) is 5.91 Å². The third kappa shape index (κ3) is 5.25. The molecule has 15 heteroatoms. The lowest BCUT2D eigenvalue weighted by atomic mass is 10.1. The van der Waals surface area contributed by atoms with Crippen molar-refractivity contribution < 1.29 is 22.8 Å². The van der Waals surface area contributed by atoms with Gasteiger partial charge in [0.1, 0.15) is 6.04 Å². The molecule has 11 nitrogen and oxygen atoms in total. The number of likely N-dealkylation sites (tertiary alicyclic amines) is 1. The molecule has 1 aromatic carbocycles. The molecule has 1 aliphatic heterocycles. The Balaban J connectivity index is 1.33. The van der Waals surface area contributed by atoms with Gasteiger partial charge in [0.05, 0.1) is 28.0 Å². The molecule has 39 heavy (non-hydrogen) atoms. The Labute approximate surface area is 224 Å². The van der Waals surface area contributed by atoms with Gasteiger partial charge in [-0.05, 0) is 31.5 Å². The van der Waals surface area contributed by atoms with Crippen LogP contribution in [-0.4, -0.2) is 66.5 Å². The molecule has 204 valence electrons. The maximum atomic E-state index is 13.4. The maximum Gasteiger partial charge on any atom is 0.435 e. The Morgan fingerprint density at radius 2 is 2.08 bits per heavy atom. The first kappa shape index (κ1) is 26.4. The number of nitrogens with one attached hydrogen (secondary N) is 3. The summed E-state index contributed by atoms with van der Waals surface area (Å²) < 4.78 is 41.5. The van der Waals surface area contributed by atoms with Crippen molar-refractivity contribution in [1.29, 1.82) is 0 Å².